The third-order valence-electron chi connectivity index (χ3n) is 5.95. The summed E-state index contributed by atoms with van der Waals surface area (Å²) < 4.78 is 23.3. The van der Waals surface area contributed by atoms with Crippen molar-refractivity contribution in [3.05, 3.63) is 100 Å². The van der Waals surface area contributed by atoms with Crippen molar-refractivity contribution < 1.29 is 23.5 Å². The standard InChI is InChI=1S/C27H29O5P/c1-5-9-19-10-8-11-20(16-19)27(24-13-7-6-12-22(24)26(28)31-27)21-14-15-25(32-33(4,29)30)23(17-21)18(2)3/h6-8,10-18H,5,9H2,1-4H3,(H,29,30)/p-1. The molecule has 6 heteroatoms. The highest BCUT2D eigenvalue weighted by Crippen LogP contribution is 2.49. The number of carbonyl (C=O) groups is 1. The first kappa shape index (κ1) is 23.3. The van der Waals surface area contributed by atoms with E-state index in [2.05, 4.69) is 19.1 Å². The molecule has 1 heterocycles. The maximum atomic E-state index is 13.0. The third-order valence-corrected chi connectivity index (χ3v) is 6.48. The Morgan fingerprint density at radius 1 is 1.03 bits per heavy atom. The normalized spacial score (nSPS) is 19.2. The summed E-state index contributed by atoms with van der Waals surface area (Å²) in [6.45, 7) is 7.13. The molecule has 0 N–H and O–H groups in total. The molecule has 5 nitrogen and oxygen atoms in total. The SMILES string of the molecule is CCCc1cccc(C2(c3ccc(OP(C)(=O)[O-])c(C(C)C)c3)OC(=O)c3ccccc32)c1. The van der Waals surface area contributed by atoms with Crippen molar-refractivity contribution in [2.24, 2.45) is 0 Å². The monoisotopic (exact) mass is 463 g/mol. The molecule has 3 aromatic rings. The highest BCUT2D eigenvalue weighted by atomic mass is 31.2. The number of hydrogen-bond donors (Lipinski definition) is 0. The van der Waals surface area contributed by atoms with E-state index in [1.54, 1.807) is 18.2 Å². The Kier molecular flexibility index (Phi) is 6.22. The van der Waals surface area contributed by atoms with E-state index in [1.807, 2.05) is 50.2 Å². The first-order valence-corrected chi connectivity index (χ1v) is 13.2. The molecule has 0 bridgehead atoms. The Labute approximate surface area is 194 Å². The molecule has 2 atom stereocenters. The minimum absolute atomic E-state index is 0.0117. The maximum absolute atomic E-state index is 13.0. The number of fused-ring (bicyclic) bond motifs is 1. The van der Waals surface area contributed by atoms with Gasteiger partial charge >= 0.3 is 5.97 Å². The molecular weight excluding hydrogens is 435 g/mol. The first-order chi connectivity index (χ1) is 15.7. The van der Waals surface area contributed by atoms with E-state index in [0.717, 1.165) is 47.3 Å². The molecule has 4 rings (SSSR count). The van der Waals surface area contributed by atoms with Gasteiger partial charge in [-0.2, -0.15) is 0 Å². The molecule has 0 saturated carbocycles. The Morgan fingerprint density at radius 2 is 1.76 bits per heavy atom. The van der Waals surface area contributed by atoms with E-state index in [9.17, 15) is 14.3 Å². The summed E-state index contributed by atoms with van der Waals surface area (Å²) in [7, 11) is -3.98. The van der Waals surface area contributed by atoms with Crippen molar-refractivity contribution in [1.82, 2.24) is 0 Å². The molecule has 0 spiro atoms. The van der Waals surface area contributed by atoms with Gasteiger partial charge < -0.3 is 14.2 Å². The molecule has 0 fully saturated rings. The molecule has 1 aliphatic rings. The number of rotatable bonds is 7. The van der Waals surface area contributed by atoms with Gasteiger partial charge in [0.25, 0.3) is 0 Å². The fraction of sp³-hybridized carbons (Fsp3) is 0.296. The van der Waals surface area contributed by atoms with Crippen molar-refractivity contribution in [1.29, 1.82) is 0 Å². The first-order valence-electron chi connectivity index (χ1n) is 11.2. The van der Waals surface area contributed by atoms with Gasteiger partial charge in [0.1, 0.15) is 5.75 Å². The number of cyclic esters (lactones) is 1. The molecule has 2 unspecified atom stereocenters. The highest BCUT2D eigenvalue weighted by Gasteiger charge is 2.48. The zero-order valence-electron chi connectivity index (χ0n) is 19.3. The van der Waals surface area contributed by atoms with Gasteiger partial charge in [0.2, 0.25) is 0 Å². The summed E-state index contributed by atoms with van der Waals surface area (Å²) in [5.41, 5.74) is 3.68. The lowest BCUT2D eigenvalue weighted by molar-refractivity contribution is -0.188. The van der Waals surface area contributed by atoms with Gasteiger partial charge in [0.15, 0.2) is 13.2 Å². The molecule has 0 amide bonds. The van der Waals surface area contributed by atoms with E-state index < -0.39 is 13.2 Å². The van der Waals surface area contributed by atoms with Crippen LogP contribution in [0.5, 0.6) is 5.75 Å². The van der Waals surface area contributed by atoms with Crippen molar-refractivity contribution in [2.75, 3.05) is 6.66 Å². The lowest BCUT2D eigenvalue weighted by Gasteiger charge is -2.32. The second-order valence-corrected chi connectivity index (χ2v) is 10.6. The van der Waals surface area contributed by atoms with Crippen LogP contribution in [0.4, 0.5) is 0 Å². The Morgan fingerprint density at radius 3 is 2.45 bits per heavy atom. The fourth-order valence-corrected chi connectivity index (χ4v) is 5.05. The molecule has 0 aliphatic carbocycles. The zero-order chi connectivity index (χ0) is 23.8. The minimum atomic E-state index is -3.98. The number of ether oxygens (including phenoxy) is 1. The molecule has 0 saturated heterocycles. The predicted molar refractivity (Wildman–Crippen MR) is 127 cm³/mol. The average Bonchev–Trinajstić information content (AvgIpc) is 3.07. The largest absolute Gasteiger partial charge is 0.769 e. The minimum Gasteiger partial charge on any atom is -0.769 e. The van der Waals surface area contributed by atoms with Crippen LogP contribution in [0.2, 0.25) is 0 Å². The number of esters is 1. The molecule has 0 aromatic heterocycles. The maximum Gasteiger partial charge on any atom is 0.340 e. The number of aryl methyl sites for hydroxylation is 1. The van der Waals surface area contributed by atoms with Gasteiger partial charge in [-0.15, -0.1) is 0 Å². The fourth-order valence-electron chi connectivity index (χ4n) is 4.53. The van der Waals surface area contributed by atoms with E-state index in [1.165, 1.54) is 0 Å². The average molecular weight is 463 g/mol. The van der Waals surface area contributed by atoms with Crippen LogP contribution in [-0.2, 0) is 21.3 Å². The van der Waals surface area contributed by atoms with Crippen molar-refractivity contribution >= 4 is 13.6 Å². The topological polar surface area (TPSA) is 75.7 Å². The summed E-state index contributed by atoms with van der Waals surface area (Å²) in [4.78, 5) is 24.8. The molecule has 3 aromatic carbocycles. The van der Waals surface area contributed by atoms with E-state index in [-0.39, 0.29) is 11.9 Å². The van der Waals surface area contributed by atoms with E-state index >= 15 is 0 Å². The summed E-state index contributed by atoms with van der Waals surface area (Å²) in [5.74, 6) is -0.0973. The van der Waals surface area contributed by atoms with E-state index in [0.29, 0.717) is 11.3 Å². The van der Waals surface area contributed by atoms with Crippen LogP contribution in [0.15, 0.2) is 66.7 Å². The van der Waals surface area contributed by atoms with Crippen molar-refractivity contribution in [3.8, 4) is 5.75 Å². The van der Waals surface area contributed by atoms with Crippen molar-refractivity contribution in [3.63, 3.8) is 0 Å². The van der Waals surface area contributed by atoms with Gasteiger partial charge in [-0.25, -0.2) is 4.79 Å². The Balaban J connectivity index is 1.98. The number of hydrogen-bond acceptors (Lipinski definition) is 5. The smallest absolute Gasteiger partial charge is 0.340 e. The molecule has 1 aliphatic heterocycles. The lowest BCUT2D eigenvalue weighted by atomic mass is 9.78. The third kappa shape index (κ3) is 4.36. The Bertz CT molecular complexity index is 1240. The molecule has 33 heavy (non-hydrogen) atoms. The Hall–Kier alpha value is -2.88. The van der Waals surface area contributed by atoms with Gasteiger partial charge in [0, 0.05) is 23.4 Å². The number of benzene rings is 3. The van der Waals surface area contributed by atoms with Gasteiger partial charge in [-0.05, 0) is 41.7 Å². The van der Waals surface area contributed by atoms with E-state index in [4.69, 9.17) is 9.26 Å². The quantitative estimate of drug-likeness (QED) is 0.328. The summed E-state index contributed by atoms with van der Waals surface area (Å²) in [6.07, 6.45) is 1.92. The van der Waals surface area contributed by atoms with Crippen molar-refractivity contribution in [2.45, 2.75) is 45.1 Å². The lowest BCUT2D eigenvalue weighted by Crippen LogP contribution is -2.30. The summed E-state index contributed by atoms with van der Waals surface area (Å²) >= 11 is 0. The van der Waals surface area contributed by atoms with Crippen LogP contribution in [0.1, 0.15) is 71.3 Å². The molecule has 0 radical (unpaired) electrons. The van der Waals surface area contributed by atoms with Crippen LogP contribution < -0.4 is 9.42 Å². The van der Waals surface area contributed by atoms with Gasteiger partial charge in [-0.1, -0.05) is 75.7 Å². The zero-order valence-corrected chi connectivity index (χ0v) is 20.2. The van der Waals surface area contributed by atoms with Crippen LogP contribution in [0, 0.1) is 0 Å². The van der Waals surface area contributed by atoms with Crippen LogP contribution >= 0.6 is 7.60 Å². The molecule has 172 valence electrons. The van der Waals surface area contributed by atoms with Gasteiger partial charge in [-0.3, -0.25) is 4.57 Å². The van der Waals surface area contributed by atoms with Crippen LogP contribution in [0.3, 0.4) is 0 Å². The summed E-state index contributed by atoms with van der Waals surface area (Å²) in [6, 6.07) is 20.9. The second-order valence-electron chi connectivity index (χ2n) is 8.84. The number of carbonyl (C=O) groups excluding carboxylic acids is 1. The predicted octanol–water partition coefficient (Wildman–Crippen LogP) is 5.79. The highest BCUT2D eigenvalue weighted by molar-refractivity contribution is 7.50. The second kappa shape index (κ2) is 8.81. The van der Waals surface area contributed by atoms with Crippen LogP contribution in [-0.4, -0.2) is 12.6 Å². The summed E-state index contributed by atoms with van der Waals surface area (Å²) in [5, 5.41) is 0. The molecular formula is C27H28O5P-. The van der Waals surface area contributed by atoms with Crippen LogP contribution in [0.25, 0.3) is 0 Å². The van der Waals surface area contributed by atoms with Gasteiger partial charge in [0.05, 0.1) is 5.56 Å².